The van der Waals surface area contributed by atoms with Gasteiger partial charge in [0.05, 0.1) is 17.3 Å². The van der Waals surface area contributed by atoms with Crippen molar-refractivity contribution in [3.63, 3.8) is 0 Å². The van der Waals surface area contributed by atoms with Gasteiger partial charge in [-0.1, -0.05) is 36.4 Å². The van der Waals surface area contributed by atoms with Gasteiger partial charge in [0, 0.05) is 11.3 Å². The van der Waals surface area contributed by atoms with Gasteiger partial charge in [-0.05, 0) is 48.5 Å². The van der Waals surface area contributed by atoms with Crippen molar-refractivity contribution < 1.29 is 13.9 Å². The number of thiazole rings is 1. The van der Waals surface area contributed by atoms with E-state index in [9.17, 15) is 19.2 Å². The van der Waals surface area contributed by atoms with Crippen LogP contribution in [-0.2, 0) is 4.79 Å². The molecule has 168 valence electrons. The van der Waals surface area contributed by atoms with Gasteiger partial charge in [0.15, 0.2) is 5.57 Å². The van der Waals surface area contributed by atoms with Crippen molar-refractivity contribution in [2.24, 2.45) is 0 Å². The van der Waals surface area contributed by atoms with Gasteiger partial charge in [-0.2, -0.15) is 5.26 Å². The second-order valence-corrected chi connectivity index (χ2v) is 8.11. The normalized spacial score (nSPS) is 12.1. The zero-order valence-electron chi connectivity index (χ0n) is 18.0. The van der Waals surface area contributed by atoms with Crippen LogP contribution in [0.3, 0.4) is 0 Å². The average Bonchev–Trinajstić information content (AvgIpc) is 3.17. The minimum absolute atomic E-state index is 0.180. The van der Waals surface area contributed by atoms with Gasteiger partial charge < -0.3 is 10.1 Å². The Kier molecular flexibility index (Phi) is 6.67. The Balaban J connectivity index is 1.96. The number of methoxy groups -OCH3 is 1. The molecule has 0 atom stereocenters. The second kappa shape index (κ2) is 9.98. The van der Waals surface area contributed by atoms with Crippen LogP contribution in [0, 0.1) is 17.1 Å². The molecule has 4 rings (SSSR count). The van der Waals surface area contributed by atoms with E-state index in [0.717, 1.165) is 11.3 Å². The highest BCUT2D eigenvalue weighted by Gasteiger charge is 2.17. The monoisotopic (exact) mass is 471 g/mol. The highest BCUT2D eigenvalue weighted by molar-refractivity contribution is 7.07. The van der Waals surface area contributed by atoms with E-state index in [1.54, 1.807) is 48.5 Å². The lowest BCUT2D eigenvalue weighted by Gasteiger charge is -2.05. The Labute approximate surface area is 198 Å². The van der Waals surface area contributed by atoms with Crippen molar-refractivity contribution in [3.05, 3.63) is 110 Å². The first kappa shape index (κ1) is 22.7. The molecule has 3 aromatic carbocycles. The van der Waals surface area contributed by atoms with Crippen LogP contribution in [0.5, 0.6) is 5.75 Å². The largest absolute Gasteiger partial charge is 0.496 e. The molecular weight excluding hydrogens is 453 g/mol. The number of carbonyl (C=O) groups is 1. The third kappa shape index (κ3) is 4.65. The first-order chi connectivity index (χ1) is 16.5. The SMILES string of the molecule is COc1ccccc1/C=c1/s/c(=C(\C#N)C(=O)Nc2ccc(F)cc2)n(-c2ccccc2)c1=O. The van der Waals surface area contributed by atoms with E-state index in [-0.39, 0.29) is 15.8 Å². The Bertz CT molecular complexity index is 1570. The maximum Gasteiger partial charge on any atom is 0.273 e. The van der Waals surface area contributed by atoms with E-state index < -0.39 is 11.7 Å². The number of nitrogens with one attached hydrogen (secondary N) is 1. The summed E-state index contributed by atoms with van der Waals surface area (Å²) in [5, 5.41) is 12.5. The van der Waals surface area contributed by atoms with E-state index in [4.69, 9.17) is 4.74 Å². The Morgan fingerprint density at radius 3 is 2.41 bits per heavy atom. The molecule has 0 fully saturated rings. The molecule has 0 saturated heterocycles. The fraction of sp³-hybridized carbons (Fsp3) is 0.0385. The Morgan fingerprint density at radius 1 is 1.06 bits per heavy atom. The summed E-state index contributed by atoms with van der Waals surface area (Å²) in [6.45, 7) is 0. The molecule has 1 aromatic heterocycles. The number of carbonyl (C=O) groups excluding carboxylic acids is 1. The molecule has 34 heavy (non-hydrogen) atoms. The highest BCUT2D eigenvalue weighted by Crippen LogP contribution is 2.17. The third-order valence-electron chi connectivity index (χ3n) is 4.92. The molecule has 0 aliphatic heterocycles. The number of rotatable bonds is 5. The van der Waals surface area contributed by atoms with E-state index in [0.29, 0.717) is 27.2 Å². The first-order valence-electron chi connectivity index (χ1n) is 10.1. The number of nitriles is 1. The Morgan fingerprint density at radius 2 is 1.74 bits per heavy atom. The molecule has 4 aromatic rings. The van der Waals surface area contributed by atoms with Gasteiger partial charge in [0.2, 0.25) is 0 Å². The smallest absolute Gasteiger partial charge is 0.273 e. The number of hydrogen-bond acceptors (Lipinski definition) is 5. The first-order valence-corrected chi connectivity index (χ1v) is 11.0. The van der Waals surface area contributed by atoms with Gasteiger partial charge in [-0.3, -0.25) is 14.2 Å². The number of ether oxygens (including phenoxy) is 1. The predicted molar refractivity (Wildman–Crippen MR) is 130 cm³/mol. The fourth-order valence-corrected chi connectivity index (χ4v) is 4.40. The summed E-state index contributed by atoms with van der Waals surface area (Å²) >= 11 is 1.03. The average molecular weight is 472 g/mol. The standard InChI is InChI=1S/C26H18FN3O3S/c1-33-22-10-6-5-7-17(22)15-23-25(32)30(20-8-3-2-4-9-20)26(34-23)21(16-28)24(31)29-19-13-11-18(27)12-14-19/h2-15H,1H3,(H,29,31)/b23-15+,26-21+. The van der Waals surface area contributed by atoms with Crippen LogP contribution in [0.4, 0.5) is 10.1 Å². The van der Waals surface area contributed by atoms with E-state index >= 15 is 0 Å². The quantitative estimate of drug-likeness (QED) is 0.485. The molecule has 8 heteroatoms. The van der Waals surface area contributed by atoms with Gasteiger partial charge in [-0.25, -0.2) is 4.39 Å². The van der Waals surface area contributed by atoms with Crippen LogP contribution in [0.1, 0.15) is 5.56 Å². The highest BCUT2D eigenvalue weighted by atomic mass is 32.1. The molecule has 1 N–H and O–H groups in total. The van der Waals surface area contributed by atoms with Gasteiger partial charge >= 0.3 is 0 Å². The molecule has 0 aliphatic carbocycles. The molecule has 1 amide bonds. The van der Waals surface area contributed by atoms with Crippen LogP contribution in [0.2, 0.25) is 0 Å². The Hall–Kier alpha value is -4.48. The molecule has 0 bridgehead atoms. The number of amides is 1. The van der Waals surface area contributed by atoms with Crippen molar-refractivity contribution in [1.29, 1.82) is 5.26 Å². The van der Waals surface area contributed by atoms with Gasteiger partial charge in [0.1, 0.15) is 22.3 Å². The van der Waals surface area contributed by atoms with Gasteiger partial charge in [-0.15, -0.1) is 11.3 Å². The summed E-state index contributed by atoms with van der Waals surface area (Å²) in [7, 11) is 1.54. The molecular formula is C26H18FN3O3S. The number of halogens is 1. The number of anilines is 1. The number of nitrogens with zero attached hydrogens (tertiary/aromatic N) is 2. The summed E-state index contributed by atoms with van der Waals surface area (Å²) in [4.78, 5) is 26.4. The number of aromatic nitrogens is 1. The molecule has 0 aliphatic rings. The third-order valence-corrected chi connectivity index (χ3v) is 6.01. The predicted octanol–water partition coefficient (Wildman–Crippen LogP) is 3.19. The topological polar surface area (TPSA) is 84.1 Å². The van der Waals surface area contributed by atoms with Crippen LogP contribution in [0.15, 0.2) is 83.7 Å². The lowest BCUT2D eigenvalue weighted by molar-refractivity contribution is -0.111. The molecule has 0 spiro atoms. The van der Waals surface area contributed by atoms with E-state index in [1.165, 1.54) is 35.9 Å². The maximum absolute atomic E-state index is 13.4. The van der Waals surface area contributed by atoms with Crippen LogP contribution in [-0.4, -0.2) is 17.6 Å². The van der Waals surface area contributed by atoms with Crippen molar-refractivity contribution in [2.45, 2.75) is 0 Å². The van der Waals surface area contributed by atoms with Crippen LogP contribution >= 0.6 is 11.3 Å². The summed E-state index contributed by atoms with van der Waals surface area (Å²) in [5.74, 6) is -0.569. The molecule has 1 heterocycles. The van der Waals surface area contributed by atoms with Crippen LogP contribution < -0.4 is 24.8 Å². The van der Waals surface area contributed by atoms with Crippen molar-refractivity contribution in [2.75, 3.05) is 12.4 Å². The molecule has 0 radical (unpaired) electrons. The number of para-hydroxylation sites is 2. The minimum Gasteiger partial charge on any atom is -0.496 e. The van der Waals surface area contributed by atoms with Crippen molar-refractivity contribution in [3.8, 4) is 17.5 Å². The number of hydrogen-bond donors (Lipinski definition) is 1. The van der Waals surface area contributed by atoms with Crippen LogP contribution in [0.25, 0.3) is 17.3 Å². The summed E-state index contributed by atoms with van der Waals surface area (Å²) in [6.07, 6.45) is 1.67. The van der Waals surface area contributed by atoms with Gasteiger partial charge in [0.25, 0.3) is 11.5 Å². The summed E-state index contributed by atoms with van der Waals surface area (Å²) in [6, 6.07) is 23.1. The second-order valence-electron chi connectivity index (χ2n) is 7.08. The molecule has 0 unspecified atom stereocenters. The van der Waals surface area contributed by atoms with E-state index in [1.807, 2.05) is 18.2 Å². The summed E-state index contributed by atoms with van der Waals surface area (Å²) < 4.78 is 20.4. The maximum atomic E-state index is 13.4. The van der Waals surface area contributed by atoms with E-state index in [2.05, 4.69) is 5.32 Å². The zero-order chi connectivity index (χ0) is 24.1. The number of benzene rings is 3. The zero-order valence-corrected chi connectivity index (χ0v) is 18.8. The minimum atomic E-state index is -0.705. The molecule has 0 saturated carbocycles. The summed E-state index contributed by atoms with van der Waals surface area (Å²) in [5.41, 5.74) is 0.907. The van der Waals surface area contributed by atoms with Crippen molar-refractivity contribution >= 4 is 34.6 Å². The fourth-order valence-electron chi connectivity index (χ4n) is 3.31. The van der Waals surface area contributed by atoms with Crippen molar-refractivity contribution in [1.82, 2.24) is 4.57 Å². The lowest BCUT2D eigenvalue weighted by Crippen LogP contribution is -2.32. The lowest BCUT2D eigenvalue weighted by atomic mass is 10.2. The molecule has 6 nitrogen and oxygen atoms in total.